The van der Waals surface area contributed by atoms with E-state index in [0.717, 1.165) is 12.3 Å². The maximum Gasteiger partial charge on any atom is 0.333 e. The summed E-state index contributed by atoms with van der Waals surface area (Å²) in [6, 6.07) is 5.44. The van der Waals surface area contributed by atoms with Crippen LogP contribution in [0.3, 0.4) is 0 Å². The van der Waals surface area contributed by atoms with E-state index >= 15 is 0 Å². The number of halogens is 2. The molecule has 2 aromatic rings. The third kappa shape index (κ3) is 3.22. The van der Waals surface area contributed by atoms with Crippen LogP contribution in [-0.4, -0.2) is 15.3 Å². The van der Waals surface area contributed by atoms with E-state index in [1.807, 2.05) is 0 Å². The second kappa shape index (κ2) is 5.96. The Labute approximate surface area is 126 Å². The summed E-state index contributed by atoms with van der Waals surface area (Å²) >= 11 is 2.90. The molecular weight excluding hydrogens is 347 g/mol. The summed E-state index contributed by atoms with van der Waals surface area (Å²) in [6.45, 7) is -0.319. The van der Waals surface area contributed by atoms with E-state index in [-0.39, 0.29) is 16.6 Å². The van der Waals surface area contributed by atoms with Crippen LogP contribution in [0.2, 0.25) is 0 Å². The molecule has 0 aliphatic heterocycles. The number of Topliss-reactive ketones (excluding diaryl/α,β-unsaturated/α-hetero) is 1. The summed E-state index contributed by atoms with van der Waals surface area (Å²) in [5.74, 6) is -1.23. The highest BCUT2D eigenvalue weighted by atomic mass is 79.9. The van der Waals surface area contributed by atoms with Crippen molar-refractivity contribution in [2.24, 2.45) is 0 Å². The van der Waals surface area contributed by atoms with Crippen molar-refractivity contribution in [1.29, 1.82) is 0 Å². The van der Waals surface area contributed by atoms with Gasteiger partial charge in [-0.1, -0.05) is 12.1 Å². The molecule has 1 aromatic carbocycles. The SMILES string of the molecule is O=C(Cn1cc(Br)c(=O)c([N+](=O)[O-])c1)c1ccccc1F. The molecule has 21 heavy (non-hydrogen) atoms. The summed E-state index contributed by atoms with van der Waals surface area (Å²) < 4.78 is 14.6. The molecule has 0 bridgehead atoms. The number of hydrogen-bond donors (Lipinski definition) is 0. The number of carbonyl (C=O) groups excluding carboxylic acids is 1. The first-order valence-corrected chi connectivity index (χ1v) is 6.51. The third-order valence-corrected chi connectivity index (χ3v) is 3.28. The Bertz CT molecular complexity index is 788. The molecule has 0 fully saturated rings. The summed E-state index contributed by atoms with van der Waals surface area (Å²) in [4.78, 5) is 33.4. The number of nitrogens with zero attached hydrogens (tertiary/aromatic N) is 2. The van der Waals surface area contributed by atoms with Gasteiger partial charge in [-0.15, -0.1) is 0 Å². The first-order chi connectivity index (χ1) is 9.90. The molecular formula is C13H8BrFN2O4. The Morgan fingerprint density at radius 1 is 1.33 bits per heavy atom. The van der Waals surface area contributed by atoms with Gasteiger partial charge >= 0.3 is 5.69 Å². The molecule has 0 radical (unpaired) electrons. The zero-order valence-electron chi connectivity index (χ0n) is 10.5. The van der Waals surface area contributed by atoms with Crippen molar-refractivity contribution in [3.8, 4) is 0 Å². The van der Waals surface area contributed by atoms with Gasteiger partial charge in [-0.25, -0.2) is 4.39 Å². The fraction of sp³-hybridized carbons (Fsp3) is 0.0769. The van der Waals surface area contributed by atoms with E-state index in [0.29, 0.717) is 0 Å². The first-order valence-electron chi connectivity index (χ1n) is 5.72. The van der Waals surface area contributed by atoms with Crippen LogP contribution < -0.4 is 5.43 Å². The number of carbonyl (C=O) groups is 1. The highest BCUT2D eigenvalue weighted by molar-refractivity contribution is 9.10. The van der Waals surface area contributed by atoms with Gasteiger partial charge < -0.3 is 4.57 Å². The number of aromatic nitrogens is 1. The van der Waals surface area contributed by atoms with E-state index < -0.39 is 27.6 Å². The van der Waals surface area contributed by atoms with Crippen molar-refractivity contribution in [2.45, 2.75) is 6.54 Å². The molecule has 0 saturated heterocycles. The highest BCUT2D eigenvalue weighted by Crippen LogP contribution is 2.13. The van der Waals surface area contributed by atoms with E-state index in [1.54, 1.807) is 0 Å². The Morgan fingerprint density at radius 3 is 2.62 bits per heavy atom. The lowest BCUT2D eigenvalue weighted by Crippen LogP contribution is -2.17. The fourth-order valence-corrected chi connectivity index (χ4v) is 2.21. The minimum absolute atomic E-state index is 0.0435. The molecule has 0 spiro atoms. The maximum atomic E-state index is 13.5. The zero-order chi connectivity index (χ0) is 15.6. The third-order valence-electron chi connectivity index (χ3n) is 2.71. The molecule has 1 aromatic heterocycles. The lowest BCUT2D eigenvalue weighted by molar-refractivity contribution is -0.386. The number of rotatable bonds is 4. The van der Waals surface area contributed by atoms with Gasteiger partial charge in [-0.05, 0) is 28.1 Å². The smallest absolute Gasteiger partial charge is 0.333 e. The van der Waals surface area contributed by atoms with E-state index in [4.69, 9.17) is 0 Å². The molecule has 8 heteroatoms. The van der Waals surface area contributed by atoms with Gasteiger partial charge in [0.25, 0.3) is 5.43 Å². The van der Waals surface area contributed by atoms with Gasteiger partial charge in [0, 0.05) is 6.20 Å². The van der Waals surface area contributed by atoms with Gasteiger partial charge in [0.05, 0.1) is 27.7 Å². The predicted molar refractivity (Wildman–Crippen MR) is 75.8 cm³/mol. The Kier molecular flexibility index (Phi) is 4.27. The van der Waals surface area contributed by atoms with Crippen molar-refractivity contribution < 1.29 is 14.1 Å². The molecule has 0 aliphatic rings. The maximum absolute atomic E-state index is 13.5. The summed E-state index contributed by atoms with van der Waals surface area (Å²) in [6.07, 6.45) is 2.19. The number of ketones is 1. The highest BCUT2D eigenvalue weighted by Gasteiger charge is 2.18. The van der Waals surface area contributed by atoms with Gasteiger partial charge in [0.1, 0.15) is 5.82 Å². The fourth-order valence-electron chi connectivity index (χ4n) is 1.74. The van der Waals surface area contributed by atoms with E-state index in [1.165, 1.54) is 29.0 Å². The molecule has 0 N–H and O–H groups in total. The molecule has 108 valence electrons. The molecule has 6 nitrogen and oxygen atoms in total. The molecule has 0 saturated carbocycles. The number of benzene rings is 1. The molecule has 0 amide bonds. The summed E-state index contributed by atoms with van der Waals surface area (Å²) in [5.41, 5.74) is -1.56. The minimum Gasteiger partial charge on any atom is -0.339 e. The average molecular weight is 355 g/mol. The first kappa shape index (κ1) is 15.0. The van der Waals surface area contributed by atoms with Crippen molar-refractivity contribution >= 4 is 27.4 Å². The van der Waals surface area contributed by atoms with Crippen LogP contribution in [0.5, 0.6) is 0 Å². The molecule has 0 aliphatic carbocycles. The van der Waals surface area contributed by atoms with Crippen LogP contribution in [-0.2, 0) is 6.54 Å². The standard InChI is InChI=1S/C13H8BrFN2O4/c14-9-5-16(6-11(13(9)19)17(20)21)7-12(18)8-3-1-2-4-10(8)15/h1-6H,7H2. The predicted octanol–water partition coefficient (Wildman–Crippen LogP) is 2.54. The minimum atomic E-state index is -0.836. The molecule has 0 unspecified atom stereocenters. The van der Waals surface area contributed by atoms with Crippen LogP contribution in [0.15, 0.2) is 45.9 Å². The van der Waals surface area contributed by atoms with Crippen molar-refractivity contribution in [3.63, 3.8) is 0 Å². The Hall–Kier alpha value is -2.35. The van der Waals surface area contributed by atoms with Gasteiger partial charge in [-0.3, -0.25) is 19.7 Å². The number of nitro groups is 1. The number of hydrogen-bond acceptors (Lipinski definition) is 4. The summed E-state index contributed by atoms with van der Waals surface area (Å²) in [5, 5.41) is 10.8. The van der Waals surface area contributed by atoms with Crippen LogP contribution in [0.4, 0.5) is 10.1 Å². The lowest BCUT2D eigenvalue weighted by Gasteiger charge is -2.07. The molecule has 1 heterocycles. The normalized spacial score (nSPS) is 10.4. The van der Waals surface area contributed by atoms with Gasteiger partial charge in [0.15, 0.2) is 5.78 Å². The van der Waals surface area contributed by atoms with Gasteiger partial charge in [-0.2, -0.15) is 0 Å². The second-order valence-corrected chi connectivity index (χ2v) is 5.01. The lowest BCUT2D eigenvalue weighted by atomic mass is 10.1. The van der Waals surface area contributed by atoms with Crippen LogP contribution >= 0.6 is 15.9 Å². The van der Waals surface area contributed by atoms with E-state index in [2.05, 4.69) is 15.9 Å². The van der Waals surface area contributed by atoms with Crippen molar-refractivity contribution in [2.75, 3.05) is 0 Å². The topological polar surface area (TPSA) is 82.2 Å². The average Bonchev–Trinajstić information content (AvgIpc) is 2.42. The monoisotopic (exact) mass is 354 g/mol. The van der Waals surface area contributed by atoms with Crippen molar-refractivity contribution in [3.05, 3.63) is 72.9 Å². The Balaban J connectivity index is 2.37. The second-order valence-electron chi connectivity index (χ2n) is 4.15. The molecule has 2 rings (SSSR count). The van der Waals surface area contributed by atoms with Crippen LogP contribution in [0.1, 0.15) is 10.4 Å². The number of pyridine rings is 1. The molecule has 0 atom stereocenters. The van der Waals surface area contributed by atoms with E-state index in [9.17, 15) is 24.1 Å². The van der Waals surface area contributed by atoms with Crippen LogP contribution in [0, 0.1) is 15.9 Å². The van der Waals surface area contributed by atoms with Gasteiger partial charge in [0.2, 0.25) is 0 Å². The summed E-state index contributed by atoms with van der Waals surface area (Å²) in [7, 11) is 0. The zero-order valence-corrected chi connectivity index (χ0v) is 12.0. The Morgan fingerprint density at radius 2 is 2.00 bits per heavy atom. The van der Waals surface area contributed by atoms with Crippen molar-refractivity contribution in [1.82, 2.24) is 4.57 Å². The largest absolute Gasteiger partial charge is 0.339 e. The van der Waals surface area contributed by atoms with Crippen LogP contribution in [0.25, 0.3) is 0 Å². The quantitative estimate of drug-likeness (QED) is 0.479.